The zero-order valence-corrected chi connectivity index (χ0v) is 14.7. The molecule has 0 atom stereocenters. The summed E-state index contributed by atoms with van der Waals surface area (Å²) < 4.78 is 38.7. The highest BCUT2D eigenvalue weighted by atomic mass is 32.2. The molecule has 1 heterocycles. The molecule has 1 N–H and O–H groups in total. The first kappa shape index (κ1) is 17.1. The van der Waals surface area contributed by atoms with Gasteiger partial charge >= 0.3 is 5.76 Å². The lowest BCUT2D eigenvalue weighted by Gasteiger charge is -2.09. The number of aryl methyl sites for hydroxylation is 2. The van der Waals surface area contributed by atoms with Crippen molar-refractivity contribution in [2.75, 3.05) is 17.6 Å². The number of rotatable bonds is 6. The second-order valence-corrected chi connectivity index (χ2v) is 7.47. The first-order chi connectivity index (χ1) is 11.9. The summed E-state index contributed by atoms with van der Waals surface area (Å²) in [4.78, 5) is 11.5. The zero-order chi connectivity index (χ0) is 18.0. The molecule has 0 aliphatic heterocycles. The van der Waals surface area contributed by atoms with Crippen LogP contribution in [0.2, 0.25) is 0 Å². The molecule has 2 aromatic carbocycles. The largest absolute Gasteiger partial charge is 0.497 e. The van der Waals surface area contributed by atoms with E-state index in [2.05, 4.69) is 4.72 Å². The summed E-state index contributed by atoms with van der Waals surface area (Å²) in [6.45, 7) is 0. The van der Waals surface area contributed by atoms with Crippen LogP contribution in [0.1, 0.15) is 5.56 Å². The Kier molecular flexibility index (Phi) is 4.54. The number of hydrogen-bond donors (Lipinski definition) is 1. The highest BCUT2D eigenvalue weighted by molar-refractivity contribution is 7.92. The molecular weight excluding hydrogens is 344 g/mol. The van der Waals surface area contributed by atoms with E-state index in [-0.39, 0.29) is 5.75 Å². The Bertz CT molecular complexity index is 1070. The SMILES string of the molecule is COc1cccc(CCS(=O)(=O)Nc2ccc3c(c2)oc(=O)n3C)c1. The number of ether oxygens (including phenoxy) is 1. The number of benzene rings is 2. The predicted molar refractivity (Wildman–Crippen MR) is 95.6 cm³/mol. The van der Waals surface area contributed by atoms with Crippen LogP contribution < -0.4 is 15.2 Å². The number of anilines is 1. The summed E-state index contributed by atoms with van der Waals surface area (Å²) in [6.07, 6.45) is 0.356. The average molecular weight is 362 g/mol. The summed E-state index contributed by atoms with van der Waals surface area (Å²) in [6, 6.07) is 12.0. The van der Waals surface area contributed by atoms with Crippen molar-refractivity contribution in [2.45, 2.75) is 6.42 Å². The quantitative estimate of drug-likeness (QED) is 0.725. The monoisotopic (exact) mass is 362 g/mol. The summed E-state index contributed by atoms with van der Waals surface area (Å²) in [7, 11) is -0.387. The molecule has 0 spiro atoms. The first-order valence-electron chi connectivity index (χ1n) is 7.61. The van der Waals surface area contributed by atoms with Gasteiger partial charge in [-0.2, -0.15) is 0 Å². The molecule has 25 heavy (non-hydrogen) atoms. The highest BCUT2D eigenvalue weighted by Gasteiger charge is 2.13. The molecule has 0 aliphatic carbocycles. The summed E-state index contributed by atoms with van der Waals surface area (Å²) in [5.41, 5.74) is 2.16. The molecule has 0 unspecified atom stereocenters. The maximum Gasteiger partial charge on any atom is 0.419 e. The van der Waals surface area contributed by atoms with Crippen molar-refractivity contribution in [1.29, 1.82) is 0 Å². The van der Waals surface area contributed by atoms with Crippen molar-refractivity contribution in [2.24, 2.45) is 7.05 Å². The van der Waals surface area contributed by atoms with Crippen molar-refractivity contribution >= 4 is 26.8 Å². The Morgan fingerprint density at radius 3 is 2.76 bits per heavy atom. The third kappa shape index (κ3) is 3.85. The van der Waals surface area contributed by atoms with Gasteiger partial charge in [0.2, 0.25) is 10.0 Å². The fourth-order valence-corrected chi connectivity index (χ4v) is 3.60. The number of aromatic nitrogens is 1. The van der Waals surface area contributed by atoms with Crippen molar-refractivity contribution in [3.63, 3.8) is 0 Å². The van der Waals surface area contributed by atoms with Crippen LogP contribution in [-0.4, -0.2) is 25.8 Å². The molecule has 0 amide bonds. The minimum Gasteiger partial charge on any atom is -0.497 e. The molecule has 3 rings (SSSR count). The number of sulfonamides is 1. The van der Waals surface area contributed by atoms with Crippen molar-refractivity contribution < 1.29 is 17.6 Å². The number of hydrogen-bond acceptors (Lipinski definition) is 5. The maximum absolute atomic E-state index is 12.3. The summed E-state index contributed by atoms with van der Waals surface area (Å²) >= 11 is 0. The van der Waals surface area contributed by atoms with Crippen LogP contribution in [0.3, 0.4) is 0 Å². The fourth-order valence-electron chi connectivity index (χ4n) is 2.51. The van der Waals surface area contributed by atoms with E-state index in [1.165, 1.54) is 10.6 Å². The molecule has 8 heteroatoms. The molecule has 7 nitrogen and oxygen atoms in total. The second-order valence-electron chi connectivity index (χ2n) is 5.63. The number of nitrogens with zero attached hydrogens (tertiary/aromatic N) is 1. The zero-order valence-electron chi connectivity index (χ0n) is 13.9. The van der Waals surface area contributed by atoms with E-state index in [0.29, 0.717) is 29.0 Å². The van der Waals surface area contributed by atoms with Crippen molar-refractivity contribution in [3.05, 3.63) is 58.6 Å². The van der Waals surface area contributed by atoms with Gasteiger partial charge in [-0.25, -0.2) is 13.2 Å². The van der Waals surface area contributed by atoms with E-state index in [0.717, 1.165) is 5.56 Å². The van der Waals surface area contributed by atoms with Gasteiger partial charge in [0.1, 0.15) is 5.75 Å². The number of oxazole rings is 1. The lowest BCUT2D eigenvalue weighted by Crippen LogP contribution is -2.18. The van der Waals surface area contributed by atoms with E-state index in [9.17, 15) is 13.2 Å². The Balaban J connectivity index is 1.73. The van der Waals surface area contributed by atoms with Crippen LogP contribution in [0, 0.1) is 0 Å². The number of fused-ring (bicyclic) bond motifs is 1. The molecule has 0 aliphatic rings. The van der Waals surface area contributed by atoms with E-state index >= 15 is 0 Å². The molecule has 132 valence electrons. The summed E-state index contributed by atoms with van der Waals surface area (Å²) in [5.74, 6) is 0.122. The van der Waals surface area contributed by atoms with Gasteiger partial charge in [0.25, 0.3) is 0 Å². The average Bonchev–Trinajstić information content (AvgIpc) is 2.87. The van der Waals surface area contributed by atoms with Gasteiger partial charge in [0.15, 0.2) is 5.58 Å². The van der Waals surface area contributed by atoms with Gasteiger partial charge in [-0.15, -0.1) is 0 Å². The van der Waals surface area contributed by atoms with Crippen LogP contribution in [0.5, 0.6) is 5.75 Å². The van der Waals surface area contributed by atoms with E-state index in [1.54, 1.807) is 38.4 Å². The third-order valence-corrected chi connectivity index (χ3v) is 5.15. The first-order valence-corrected chi connectivity index (χ1v) is 9.26. The fraction of sp³-hybridized carbons (Fsp3) is 0.235. The molecule has 0 saturated heterocycles. The lowest BCUT2D eigenvalue weighted by molar-refractivity contribution is 0.414. The van der Waals surface area contributed by atoms with E-state index < -0.39 is 15.8 Å². The standard InChI is InChI=1S/C17H18N2O5S/c1-19-15-7-6-13(11-16(15)24-17(19)20)18-25(21,22)9-8-12-4-3-5-14(10-12)23-2/h3-7,10-11,18H,8-9H2,1-2H3. The van der Waals surface area contributed by atoms with E-state index in [4.69, 9.17) is 9.15 Å². The lowest BCUT2D eigenvalue weighted by atomic mass is 10.2. The van der Waals surface area contributed by atoms with Crippen LogP contribution in [0.4, 0.5) is 5.69 Å². The summed E-state index contributed by atoms with van der Waals surface area (Å²) in [5, 5.41) is 0. The Hall–Kier alpha value is -2.74. The topological polar surface area (TPSA) is 90.5 Å². The van der Waals surface area contributed by atoms with Gasteiger partial charge in [-0.05, 0) is 36.2 Å². The van der Waals surface area contributed by atoms with E-state index in [1.807, 2.05) is 12.1 Å². The molecule has 0 bridgehead atoms. The second kappa shape index (κ2) is 6.64. The van der Waals surface area contributed by atoms with Gasteiger partial charge in [-0.3, -0.25) is 9.29 Å². The smallest absolute Gasteiger partial charge is 0.419 e. The van der Waals surface area contributed by atoms with Gasteiger partial charge in [0, 0.05) is 13.1 Å². The minimum absolute atomic E-state index is 0.0725. The Morgan fingerprint density at radius 2 is 2.00 bits per heavy atom. The number of nitrogens with one attached hydrogen (secondary N) is 1. The van der Waals surface area contributed by atoms with Crippen LogP contribution in [0.25, 0.3) is 11.1 Å². The van der Waals surface area contributed by atoms with Crippen LogP contribution in [0.15, 0.2) is 51.7 Å². The molecular formula is C17H18N2O5S. The molecule has 0 radical (unpaired) electrons. The van der Waals surface area contributed by atoms with Crippen LogP contribution in [-0.2, 0) is 23.5 Å². The highest BCUT2D eigenvalue weighted by Crippen LogP contribution is 2.19. The van der Waals surface area contributed by atoms with Crippen LogP contribution >= 0.6 is 0 Å². The van der Waals surface area contributed by atoms with Crippen molar-refractivity contribution in [1.82, 2.24) is 4.57 Å². The predicted octanol–water partition coefficient (Wildman–Crippen LogP) is 2.12. The van der Waals surface area contributed by atoms with Gasteiger partial charge in [0.05, 0.1) is 24.1 Å². The van der Waals surface area contributed by atoms with Gasteiger partial charge in [-0.1, -0.05) is 12.1 Å². The molecule has 0 saturated carbocycles. The van der Waals surface area contributed by atoms with Crippen molar-refractivity contribution in [3.8, 4) is 5.75 Å². The maximum atomic E-state index is 12.3. The normalized spacial score (nSPS) is 11.6. The minimum atomic E-state index is -3.54. The Labute approximate surface area is 144 Å². The molecule has 3 aromatic rings. The van der Waals surface area contributed by atoms with Gasteiger partial charge < -0.3 is 9.15 Å². The molecule has 0 fully saturated rings. The third-order valence-electron chi connectivity index (χ3n) is 3.86. The number of methoxy groups -OCH3 is 1. The Morgan fingerprint density at radius 1 is 1.20 bits per heavy atom. The molecule has 1 aromatic heterocycles.